The van der Waals surface area contributed by atoms with Crippen LogP contribution in [-0.2, 0) is 9.53 Å². The number of amides is 1. The van der Waals surface area contributed by atoms with E-state index >= 15 is 0 Å². The van der Waals surface area contributed by atoms with Gasteiger partial charge < -0.3 is 14.5 Å². The van der Waals surface area contributed by atoms with Crippen LogP contribution in [0.5, 0.6) is 0 Å². The van der Waals surface area contributed by atoms with Gasteiger partial charge in [0.25, 0.3) is 5.91 Å². The van der Waals surface area contributed by atoms with Gasteiger partial charge in [0, 0.05) is 37.9 Å². The zero-order valence-corrected chi connectivity index (χ0v) is 16.8. The van der Waals surface area contributed by atoms with Crippen LogP contribution in [0.1, 0.15) is 27.6 Å². The third-order valence-corrected chi connectivity index (χ3v) is 5.18. The number of piperazine rings is 1. The maximum atomic E-state index is 14.4. The Bertz CT molecular complexity index is 1150. The summed E-state index contributed by atoms with van der Waals surface area (Å²) in [6, 6.07) is 7.59. The molecule has 1 amide bonds. The summed E-state index contributed by atoms with van der Waals surface area (Å²) in [6.45, 7) is 2.62. The number of halogens is 1. The summed E-state index contributed by atoms with van der Waals surface area (Å²) < 4.78 is 21.1. The van der Waals surface area contributed by atoms with Crippen molar-refractivity contribution in [2.75, 3.05) is 37.7 Å². The molecule has 0 N–H and O–H groups in total. The minimum atomic E-state index is -0.616. The lowest BCUT2D eigenvalue weighted by atomic mass is 10.1. The van der Waals surface area contributed by atoms with Gasteiger partial charge in [-0.05, 0) is 37.3 Å². The zero-order valence-electron chi connectivity index (χ0n) is 16.8. The lowest BCUT2D eigenvalue weighted by Crippen LogP contribution is -2.50. The Morgan fingerprint density at radius 1 is 1.06 bits per heavy atom. The van der Waals surface area contributed by atoms with Crippen LogP contribution >= 0.6 is 0 Å². The minimum absolute atomic E-state index is 0.197. The van der Waals surface area contributed by atoms with E-state index in [4.69, 9.17) is 4.74 Å². The first-order valence-electron chi connectivity index (χ1n) is 9.72. The third kappa shape index (κ3) is 4.37. The number of carbonyl (C=O) groups is 3. The number of esters is 1. The fraction of sp³-hybridized carbons (Fsp3) is 0.286. The zero-order chi connectivity index (χ0) is 22.0. The molecule has 0 radical (unpaired) electrons. The summed E-state index contributed by atoms with van der Waals surface area (Å²) in [4.78, 5) is 39.4. The molecule has 10 heteroatoms. The van der Waals surface area contributed by atoms with Crippen molar-refractivity contribution in [3.8, 4) is 0 Å². The number of ketones is 1. The van der Waals surface area contributed by atoms with E-state index in [1.165, 1.54) is 25.5 Å². The molecule has 1 aliphatic heterocycles. The standard InChI is InChI=1S/C21H20FN5O4/c1-14(28)15-2-4-18(17(22)10-15)25-6-8-26(9-7-25)20(29)12-31-21(30)16-3-5-19-24-23-13-27(19)11-16/h2-5,10-11,13H,6-9,12H2,1H3. The summed E-state index contributed by atoms with van der Waals surface area (Å²) in [5.74, 6) is -1.59. The molecule has 1 fully saturated rings. The van der Waals surface area contributed by atoms with E-state index < -0.39 is 11.8 Å². The van der Waals surface area contributed by atoms with E-state index in [2.05, 4.69) is 10.2 Å². The van der Waals surface area contributed by atoms with Crippen molar-refractivity contribution >= 4 is 29.0 Å². The summed E-state index contributed by atoms with van der Waals surface area (Å²) in [5.41, 5.74) is 1.60. The number of nitrogens with zero attached hydrogens (tertiary/aromatic N) is 5. The van der Waals surface area contributed by atoms with Gasteiger partial charge >= 0.3 is 5.97 Å². The molecule has 3 aromatic rings. The number of hydrogen-bond donors (Lipinski definition) is 0. The number of rotatable bonds is 5. The van der Waals surface area contributed by atoms with Crippen LogP contribution in [0.15, 0.2) is 42.9 Å². The first-order chi connectivity index (χ1) is 14.9. The lowest BCUT2D eigenvalue weighted by Gasteiger charge is -2.36. The van der Waals surface area contributed by atoms with Crippen molar-refractivity contribution < 1.29 is 23.5 Å². The molecule has 1 aromatic carbocycles. The highest BCUT2D eigenvalue weighted by Gasteiger charge is 2.24. The number of benzene rings is 1. The molecule has 160 valence electrons. The third-order valence-electron chi connectivity index (χ3n) is 5.18. The fourth-order valence-corrected chi connectivity index (χ4v) is 3.43. The Hall–Kier alpha value is -3.82. The van der Waals surface area contributed by atoms with E-state index in [1.54, 1.807) is 33.6 Å². The number of fused-ring (bicyclic) bond motifs is 1. The highest BCUT2D eigenvalue weighted by atomic mass is 19.1. The van der Waals surface area contributed by atoms with Gasteiger partial charge in [-0.3, -0.25) is 14.0 Å². The first kappa shape index (κ1) is 20.5. The van der Waals surface area contributed by atoms with Gasteiger partial charge in [0.1, 0.15) is 12.1 Å². The fourth-order valence-electron chi connectivity index (χ4n) is 3.43. The first-order valence-corrected chi connectivity index (χ1v) is 9.72. The van der Waals surface area contributed by atoms with Gasteiger partial charge in [-0.2, -0.15) is 0 Å². The van der Waals surface area contributed by atoms with Crippen molar-refractivity contribution in [2.24, 2.45) is 0 Å². The van der Waals surface area contributed by atoms with E-state index in [1.807, 2.05) is 4.90 Å². The van der Waals surface area contributed by atoms with Crippen LogP contribution in [0.3, 0.4) is 0 Å². The molecule has 1 aliphatic rings. The second-order valence-corrected chi connectivity index (χ2v) is 7.18. The second-order valence-electron chi connectivity index (χ2n) is 7.18. The molecule has 4 rings (SSSR count). The minimum Gasteiger partial charge on any atom is -0.452 e. The summed E-state index contributed by atoms with van der Waals surface area (Å²) >= 11 is 0. The van der Waals surface area contributed by atoms with Crippen LogP contribution in [0.2, 0.25) is 0 Å². The van der Waals surface area contributed by atoms with Crippen molar-refractivity contribution in [3.05, 3.63) is 59.8 Å². The average molecular weight is 425 g/mol. The van der Waals surface area contributed by atoms with Crippen LogP contribution in [-0.4, -0.2) is 69.9 Å². The predicted molar refractivity (Wildman–Crippen MR) is 108 cm³/mol. The number of ether oxygens (including phenoxy) is 1. The smallest absolute Gasteiger partial charge is 0.340 e. The van der Waals surface area contributed by atoms with E-state index in [-0.39, 0.29) is 23.9 Å². The molecule has 0 spiro atoms. The second kappa shape index (κ2) is 8.50. The maximum absolute atomic E-state index is 14.4. The molecule has 0 atom stereocenters. The molecule has 9 nitrogen and oxygen atoms in total. The quantitative estimate of drug-likeness (QED) is 0.452. The van der Waals surface area contributed by atoms with Gasteiger partial charge in [-0.1, -0.05) is 0 Å². The molecule has 0 aliphatic carbocycles. The van der Waals surface area contributed by atoms with Crippen LogP contribution in [0.4, 0.5) is 10.1 Å². The molecule has 0 saturated carbocycles. The molecule has 1 saturated heterocycles. The van der Waals surface area contributed by atoms with Gasteiger partial charge in [0.15, 0.2) is 18.0 Å². The number of carbonyl (C=O) groups excluding carboxylic acids is 3. The molecule has 3 heterocycles. The van der Waals surface area contributed by atoms with Crippen LogP contribution < -0.4 is 4.90 Å². The van der Waals surface area contributed by atoms with E-state index in [9.17, 15) is 18.8 Å². The number of anilines is 1. The molecular weight excluding hydrogens is 405 g/mol. The lowest BCUT2D eigenvalue weighted by molar-refractivity contribution is -0.134. The Balaban J connectivity index is 1.30. The van der Waals surface area contributed by atoms with Gasteiger partial charge in [-0.25, -0.2) is 9.18 Å². The topological polar surface area (TPSA) is 97.1 Å². The highest BCUT2D eigenvalue weighted by molar-refractivity contribution is 5.94. The average Bonchev–Trinajstić information content (AvgIpc) is 3.25. The molecule has 31 heavy (non-hydrogen) atoms. The molecule has 0 unspecified atom stereocenters. The van der Waals surface area contributed by atoms with Crippen molar-refractivity contribution in [1.29, 1.82) is 0 Å². The van der Waals surface area contributed by atoms with Gasteiger partial charge in [0.2, 0.25) is 0 Å². The van der Waals surface area contributed by atoms with Crippen molar-refractivity contribution in [1.82, 2.24) is 19.5 Å². The SMILES string of the molecule is CC(=O)c1ccc(N2CCN(C(=O)COC(=O)c3ccc4nncn4c3)CC2)c(F)c1. The largest absolute Gasteiger partial charge is 0.452 e. The normalized spacial score (nSPS) is 14.0. The maximum Gasteiger partial charge on any atom is 0.340 e. The highest BCUT2D eigenvalue weighted by Crippen LogP contribution is 2.22. The number of pyridine rings is 1. The van der Waals surface area contributed by atoms with Crippen LogP contribution in [0, 0.1) is 5.82 Å². The predicted octanol–water partition coefficient (Wildman–Crippen LogP) is 1.58. The molecule has 0 bridgehead atoms. The monoisotopic (exact) mass is 425 g/mol. The van der Waals surface area contributed by atoms with Crippen molar-refractivity contribution in [3.63, 3.8) is 0 Å². The van der Waals surface area contributed by atoms with Gasteiger partial charge in [0.05, 0.1) is 11.3 Å². The van der Waals surface area contributed by atoms with Crippen molar-refractivity contribution in [2.45, 2.75) is 6.92 Å². The molecule has 2 aromatic heterocycles. The molecular formula is C21H20FN5O4. The van der Waals surface area contributed by atoms with Gasteiger partial charge in [-0.15, -0.1) is 10.2 Å². The summed E-state index contributed by atoms with van der Waals surface area (Å²) in [6.07, 6.45) is 3.00. The summed E-state index contributed by atoms with van der Waals surface area (Å²) in [5, 5.41) is 7.60. The Kier molecular flexibility index (Phi) is 5.61. The van der Waals surface area contributed by atoms with Crippen LogP contribution in [0.25, 0.3) is 5.65 Å². The number of aromatic nitrogens is 3. The Labute approximate surface area is 177 Å². The van der Waals surface area contributed by atoms with E-state index in [0.29, 0.717) is 43.1 Å². The Morgan fingerprint density at radius 3 is 2.52 bits per heavy atom. The Morgan fingerprint density at radius 2 is 1.81 bits per heavy atom. The summed E-state index contributed by atoms with van der Waals surface area (Å²) in [7, 11) is 0. The number of hydrogen-bond acceptors (Lipinski definition) is 7. The number of Topliss-reactive ketones (excluding diaryl/α,β-unsaturated/α-hetero) is 1. The van der Waals surface area contributed by atoms with E-state index in [0.717, 1.165) is 0 Å².